The van der Waals surface area contributed by atoms with Crippen molar-refractivity contribution in [2.75, 3.05) is 33.1 Å². The molecule has 1 unspecified atom stereocenters. The predicted octanol–water partition coefficient (Wildman–Crippen LogP) is 2.90. The monoisotopic (exact) mass is 486 g/mol. The molecule has 33 heavy (non-hydrogen) atoms. The van der Waals surface area contributed by atoms with Crippen molar-refractivity contribution in [1.29, 1.82) is 0 Å². The number of halogens is 3. The molecule has 1 heterocycles. The summed E-state index contributed by atoms with van der Waals surface area (Å²) in [6, 6.07) is 10.4. The van der Waals surface area contributed by atoms with Gasteiger partial charge in [0.2, 0.25) is 10.0 Å². The fraction of sp³-hybridized carbons (Fsp3) is 0.409. The largest absolute Gasteiger partial charge is 0.497 e. The van der Waals surface area contributed by atoms with Crippen molar-refractivity contribution in [2.45, 2.75) is 25.3 Å². The first-order valence-electron chi connectivity index (χ1n) is 10.1. The topological polar surface area (TPSA) is 76.1 Å². The van der Waals surface area contributed by atoms with Crippen molar-refractivity contribution in [3.63, 3.8) is 0 Å². The highest BCUT2D eigenvalue weighted by molar-refractivity contribution is 7.89. The Bertz CT molecular complexity index is 1060. The Morgan fingerprint density at radius 2 is 1.58 bits per heavy atom. The normalized spacial score (nSPS) is 19.6. The van der Waals surface area contributed by atoms with E-state index in [9.17, 15) is 26.4 Å². The molecule has 2 aromatic carbocycles. The summed E-state index contributed by atoms with van der Waals surface area (Å²) in [6.07, 6.45) is -4.50. The molecular formula is C22H25F3N2O5S. The molecule has 0 aliphatic carbocycles. The van der Waals surface area contributed by atoms with Gasteiger partial charge in [0.15, 0.2) is 0 Å². The summed E-state index contributed by atoms with van der Waals surface area (Å²) in [6.45, 7) is 0.432. The van der Waals surface area contributed by atoms with Gasteiger partial charge < -0.3 is 9.47 Å². The second-order valence-electron chi connectivity index (χ2n) is 7.68. The summed E-state index contributed by atoms with van der Waals surface area (Å²) < 4.78 is 75.7. The number of esters is 1. The number of ether oxygens (including phenoxy) is 2. The number of sulfonamides is 1. The lowest BCUT2D eigenvalue weighted by molar-refractivity contribution is -0.146. The fourth-order valence-corrected chi connectivity index (χ4v) is 5.24. The van der Waals surface area contributed by atoms with Crippen molar-refractivity contribution in [3.05, 3.63) is 65.2 Å². The Hall–Kier alpha value is -2.63. The smallest absolute Gasteiger partial charge is 0.416 e. The molecular weight excluding hydrogens is 461 g/mol. The first kappa shape index (κ1) is 25.0. The van der Waals surface area contributed by atoms with Gasteiger partial charge in [-0.15, -0.1) is 0 Å². The van der Waals surface area contributed by atoms with Crippen LogP contribution in [0.15, 0.2) is 48.5 Å². The number of carbonyl (C=O) groups excluding carboxylic acids is 1. The Balaban J connectivity index is 1.84. The molecule has 0 spiro atoms. The summed E-state index contributed by atoms with van der Waals surface area (Å²) in [5.74, 6) is -0.281. The number of hydrogen-bond donors (Lipinski definition) is 0. The molecule has 3 rings (SSSR count). The van der Waals surface area contributed by atoms with Gasteiger partial charge in [-0.1, -0.05) is 24.3 Å². The molecule has 0 aromatic heterocycles. The average molecular weight is 487 g/mol. The average Bonchev–Trinajstić information content (AvgIpc) is 2.90. The highest BCUT2D eigenvalue weighted by atomic mass is 32.2. The summed E-state index contributed by atoms with van der Waals surface area (Å²) in [7, 11) is -1.16. The van der Waals surface area contributed by atoms with E-state index in [1.807, 2.05) is 17.0 Å². The second-order valence-corrected chi connectivity index (χ2v) is 9.72. The number of benzene rings is 2. The van der Waals surface area contributed by atoms with Crippen LogP contribution in [0.25, 0.3) is 0 Å². The Kier molecular flexibility index (Phi) is 7.65. The van der Waals surface area contributed by atoms with Crippen LogP contribution in [-0.2, 0) is 38.8 Å². The molecule has 0 bridgehead atoms. The first-order chi connectivity index (χ1) is 15.5. The Morgan fingerprint density at radius 3 is 2.12 bits per heavy atom. The third-order valence-electron chi connectivity index (χ3n) is 5.46. The molecule has 1 saturated heterocycles. The van der Waals surface area contributed by atoms with Crippen molar-refractivity contribution in [1.82, 2.24) is 9.21 Å². The molecule has 1 aliphatic heterocycles. The predicted molar refractivity (Wildman–Crippen MR) is 115 cm³/mol. The van der Waals surface area contributed by atoms with Crippen LogP contribution in [0.2, 0.25) is 0 Å². The molecule has 0 saturated carbocycles. The number of hydrogen-bond acceptors (Lipinski definition) is 6. The molecule has 7 nitrogen and oxygen atoms in total. The van der Waals surface area contributed by atoms with Crippen LogP contribution in [-0.4, -0.2) is 62.7 Å². The molecule has 0 radical (unpaired) electrons. The van der Waals surface area contributed by atoms with Crippen LogP contribution in [0, 0.1) is 0 Å². The Morgan fingerprint density at radius 1 is 1.00 bits per heavy atom. The van der Waals surface area contributed by atoms with Gasteiger partial charge in [0, 0.05) is 26.2 Å². The van der Waals surface area contributed by atoms with Crippen LogP contribution in [0.3, 0.4) is 0 Å². The van der Waals surface area contributed by atoms with E-state index in [1.54, 1.807) is 19.2 Å². The number of methoxy groups -OCH3 is 2. The van der Waals surface area contributed by atoms with Crippen LogP contribution < -0.4 is 4.74 Å². The lowest BCUT2D eigenvalue weighted by Crippen LogP contribution is -2.48. The van der Waals surface area contributed by atoms with E-state index in [4.69, 9.17) is 9.47 Å². The number of nitrogens with zero attached hydrogens (tertiary/aromatic N) is 2. The number of rotatable bonds is 6. The quantitative estimate of drug-likeness (QED) is 0.585. The highest BCUT2D eigenvalue weighted by Gasteiger charge is 2.40. The van der Waals surface area contributed by atoms with Gasteiger partial charge in [0.05, 0.1) is 25.5 Å². The highest BCUT2D eigenvalue weighted by Crippen LogP contribution is 2.30. The number of alkyl halides is 3. The lowest BCUT2D eigenvalue weighted by atomic mass is 10.1. The molecule has 0 N–H and O–H groups in total. The van der Waals surface area contributed by atoms with Crippen LogP contribution in [0.1, 0.15) is 16.7 Å². The van der Waals surface area contributed by atoms with E-state index in [0.29, 0.717) is 17.9 Å². The SMILES string of the molecule is COC(=O)C1CN(Cc2ccc(OC)cc2)CCS(=O)(=O)N1Cc1ccc(C(F)(F)F)cc1. The summed E-state index contributed by atoms with van der Waals surface area (Å²) in [5, 5.41) is 0. The van der Waals surface area contributed by atoms with Gasteiger partial charge in [-0.05, 0) is 35.4 Å². The molecule has 0 amide bonds. The lowest BCUT2D eigenvalue weighted by Gasteiger charge is -2.28. The van der Waals surface area contributed by atoms with Gasteiger partial charge in [-0.25, -0.2) is 8.42 Å². The minimum atomic E-state index is -4.50. The van der Waals surface area contributed by atoms with Crippen molar-refractivity contribution >= 4 is 16.0 Å². The van der Waals surface area contributed by atoms with Gasteiger partial charge in [0.1, 0.15) is 11.8 Å². The maximum Gasteiger partial charge on any atom is 0.416 e. The van der Waals surface area contributed by atoms with Crippen LogP contribution in [0.5, 0.6) is 5.75 Å². The van der Waals surface area contributed by atoms with Crippen molar-refractivity contribution in [2.24, 2.45) is 0 Å². The second kappa shape index (κ2) is 10.1. The van der Waals surface area contributed by atoms with Gasteiger partial charge >= 0.3 is 12.1 Å². The summed E-state index contributed by atoms with van der Waals surface area (Å²) in [4.78, 5) is 14.4. The zero-order chi connectivity index (χ0) is 24.2. The standard InChI is InChI=1S/C22H25F3N2O5S/c1-31-19-9-5-16(6-10-19)13-26-11-12-33(29,30)27(20(15-26)21(28)32-2)14-17-3-7-18(8-4-17)22(23,24)25/h3-10,20H,11-15H2,1-2H3. The maximum atomic E-state index is 13.0. The summed E-state index contributed by atoms with van der Waals surface area (Å²) >= 11 is 0. The van der Waals surface area contributed by atoms with E-state index >= 15 is 0 Å². The van der Waals surface area contributed by atoms with E-state index in [1.165, 1.54) is 19.2 Å². The van der Waals surface area contributed by atoms with E-state index in [0.717, 1.165) is 22.0 Å². The minimum absolute atomic E-state index is 0.0819. The first-order valence-corrected chi connectivity index (χ1v) is 11.7. The van der Waals surface area contributed by atoms with Gasteiger partial charge in [-0.2, -0.15) is 17.5 Å². The van der Waals surface area contributed by atoms with E-state index in [2.05, 4.69) is 0 Å². The molecule has 180 valence electrons. The third-order valence-corrected chi connectivity index (χ3v) is 7.26. The van der Waals surface area contributed by atoms with Crippen LogP contribution in [0.4, 0.5) is 13.2 Å². The van der Waals surface area contributed by atoms with Crippen molar-refractivity contribution < 1.29 is 35.9 Å². The van der Waals surface area contributed by atoms with E-state index in [-0.39, 0.29) is 25.4 Å². The van der Waals surface area contributed by atoms with E-state index < -0.39 is 33.8 Å². The van der Waals surface area contributed by atoms with Gasteiger partial charge in [-0.3, -0.25) is 9.69 Å². The Labute approximate surface area is 190 Å². The summed E-state index contributed by atoms with van der Waals surface area (Å²) in [5.41, 5.74) is 0.414. The fourth-order valence-electron chi connectivity index (χ4n) is 3.63. The molecule has 1 atom stereocenters. The number of carbonyl (C=O) groups is 1. The minimum Gasteiger partial charge on any atom is -0.497 e. The zero-order valence-electron chi connectivity index (χ0n) is 18.2. The maximum absolute atomic E-state index is 13.0. The molecule has 1 fully saturated rings. The van der Waals surface area contributed by atoms with Crippen LogP contribution >= 0.6 is 0 Å². The van der Waals surface area contributed by atoms with Gasteiger partial charge in [0.25, 0.3) is 0 Å². The third kappa shape index (κ3) is 6.24. The molecule has 11 heteroatoms. The van der Waals surface area contributed by atoms with Crippen molar-refractivity contribution in [3.8, 4) is 5.75 Å². The zero-order valence-corrected chi connectivity index (χ0v) is 19.0. The molecule has 1 aliphatic rings. The molecule has 2 aromatic rings.